The van der Waals surface area contributed by atoms with Gasteiger partial charge in [0.25, 0.3) is 0 Å². The van der Waals surface area contributed by atoms with Gasteiger partial charge >= 0.3 is 5.97 Å². The van der Waals surface area contributed by atoms with Gasteiger partial charge in [-0.2, -0.15) is 0 Å². The molecule has 1 amide bonds. The number of nitrogens with zero attached hydrogens (tertiary/aromatic N) is 1. The van der Waals surface area contributed by atoms with Crippen molar-refractivity contribution in [2.45, 2.75) is 18.2 Å². The van der Waals surface area contributed by atoms with Gasteiger partial charge in [-0.1, -0.05) is 42.5 Å². The Morgan fingerprint density at radius 2 is 2.14 bits per heavy atom. The molecule has 21 heavy (non-hydrogen) atoms. The summed E-state index contributed by atoms with van der Waals surface area (Å²) in [6.45, 7) is 0.925. The second-order valence-electron chi connectivity index (χ2n) is 5.92. The summed E-state index contributed by atoms with van der Waals surface area (Å²) in [4.78, 5) is 25.8. The molecule has 1 aromatic rings. The molecule has 3 heterocycles. The minimum absolute atomic E-state index is 0.113. The molecule has 0 unspecified atom stereocenters. The number of amides is 1. The lowest BCUT2D eigenvalue weighted by Crippen LogP contribution is -2.39. The van der Waals surface area contributed by atoms with Gasteiger partial charge in [-0.15, -0.1) is 0 Å². The molecule has 0 aliphatic carbocycles. The number of likely N-dealkylation sites (tertiary alicyclic amines) is 1. The third-order valence-corrected chi connectivity index (χ3v) is 4.68. The average molecular weight is 285 g/mol. The van der Waals surface area contributed by atoms with Crippen LogP contribution in [0.4, 0.5) is 0 Å². The summed E-state index contributed by atoms with van der Waals surface area (Å²) in [6.07, 6.45) is 3.20. The van der Waals surface area contributed by atoms with E-state index in [1.54, 1.807) is 11.0 Å². The Bertz CT molecular complexity index is 641. The first-order valence-corrected chi connectivity index (χ1v) is 7.03. The van der Waals surface area contributed by atoms with Crippen molar-refractivity contribution in [3.63, 3.8) is 0 Å². The van der Waals surface area contributed by atoms with Crippen LogP contribution >= 0.6 is 0 Å². The van der Waals surface area contributed by atoms with Gasteiger partial charge < -0.3 is 14.7 Å². The normalized spacial score (nSPS) is 36.3. The number of benzene rings is 1. The van der Waals surface area contributed by atoms with E-state index in [0.717, 1.165) is 5.56 Å². The lowest BCUT2D eigenvalue weighted by atomic mass is 9.77. The number of rotatable bonds is 3. The van der Waals surface area contributed by atoms with Gasteiger partial charge in [0.15, 0.2) is 0 Å². The number of hydrogen-bond acceptors (Lipinski definition) is 3. The Labute approximate surface area is 121 Å². The molecule has 3 aliphatic rings. The molecule has 1 N–H and O–H groups in total. The molecule has 4 rings (SSSR count). The Balaban J connectivity index is 1.63. The average Bonchev–Trinajstić information content (AvgIpc) is 3.09. The van der Waals surface area contributed by atoms with Crippen LogP contribution in [0.2, 0.25) is 0 Å². The summed E-state index contributed by atoms with van der Waals surface area (Å²) in [6, 6.07) is 9.70. The molecule has 2 saturated heterocycles. The number of ether oxygens (including phenoxy) is 1. The van der Waals surface area contributed by atoms with E-state index in [9.17, 15) is 14.7 Å². The maximum absolute atomic E-state index is 12.6. The molecule has 108 valence electrons. The molecule has 5 heteroatoms. The molecule has 0 saturated carbocycles. The fraction of sp³-hybridized carbons (Fsp3) is 0.375. The fourth-order valence-electron chi connectivity index (χ4n) is 3.80. The Morgan fingerprint density at radius 1 is 1.38 bits per heavy atom. The lowest BCUT2D eigenvalue weighted by Gasteiger charge is -2.21. The number of aliphatic carboxylic acids is 1. The van der Waals surface area contributed by atoms with Crippen LogP contribution in [0.25, 0.3) is 0 Å². The summed E-state index contributed by atoms with van der Waals surface area (Å²) < 4.78 is 5.84. The highest BCUT2D eigenvalue weighted by atomic mass is 16.5. The number of carboxylic acid groups (broad SMARTS) is 1. The molecule has 4 atom stereocenters. The minimum atomic E-state index is -0.953. The standard InChI is InChI=1S/C16H15NO4/c18-14-13-12(15(19)20)11-6-7-16(13,21-11)9-17(14)8-10-4-2-1-3-5-10/h1-7,11-13H,8-9H2,(H,19,20)/t11-,12+,13-,16-/m1/s1. The number of carbonyl (C=O) groups is 2. The Hall–Kier alpha value is -2.14. The number of carboxylic acids is 1. The zero-order valence-electron chi connectivity index (χ0n) is 11.3. The van der Waals surface area contributed by atoms with Crippen molar-refractivity contribution in [1.29, 1.82) is 0 Å². The highest BCUT2D eigenvalue weighted by Gasteiger charge is 2.66. The van der Waals surface area contributed by atoms with E-state index in [2.05, 4.69) is 0 Å². The van der Waals surface area contributed by atoms with Gasteiger partial charge in [0.1, 0.15) is 11.5 Å². The smallest absolute Gasteiger partial charge is 0.310 e. The van der Waals surface area contributed by atoms with Crippen LogP contribution in [0.1, 0.15) is 5.56 Å². The van der Waals surface area contributed by atoms with Crippen LogP contribution in [-0.4, -0.2) is 40.1 Å². The second kappa shape index (κ2) is 4.18. The fourth-order valence-corrected chi connectivity index (χ4v) is 3.80. The predicted octanol–water partition coefficient (Wildman–Crippen LogP) is 1.05. The molecule has 5 nitrogen and oxygen atoms in total. The minimum Gasteiger partial charge on any atom is -0.481 e. The summed E-state index contributed by atoms with van der Waals surface area (Å²) in [5.74, 6) is -2.42. The van der Waals surface area contributed by atoms with E-state index < -0.39 is 29.5 Å². The van der Waals surface area contributed by atoms with Crippen LogP contribution < -0.4 is 0 Å². The Morgan fingerprint density at radius 3 is 2.86 bits per heavy atom. The SMILES string of the molecule is O=C(O)[C@H]1[C@H]2C=C[C@]3(CN(Cc4ccccc4)C(=O)[C@@H]13)O2. The van der Waals surface area contributed by atoms with Crippen molar-refractivity contribution in [3.8, 4) is 0 Å². The zero-order chi connectivity index (χ0) is 14.6. The van der Waals surface area contributed by atoms with Gasteiger partial charge in [0.2, 0.25) is 5.91 Å². The highest BCUT2D eigenvalue weighted by Crippen LogP contribution is 2.52. The van der Waals surface area contributed by atoms with E-state index in [1.807, 2.05) is 36.4 Å². The van der Waals surface area contributed by atoms with Crippen LogP contribution in [0, 0.1) is 11.8 Å². The van der Waals surface area contributed by atoms with Crippen molar-refractivity contribution in [2.75, 3.05) is 6.54 Å². The number of hydrogen-bond donors (Lipinski definition) is 1. The maximum Gasteiger partial charge on any atom is 0.310 e. The van der Waals surface area contributed by atoms with Crippen molar-refractivity contribution in [1.82, 2.24) is 4.90 Å². The summed E-state index contributed by atoms with van der Waals surface area (Å²) in [5, 5.41) is 9.39. The number of fused-ring (bicyclic) bond motifs is 1. The molecule has 0 radical (unpaired) electrons. The second-order valence-corrected chi connectivity index (χ2v) is 5.92. The number of carbonyl (C=O) groups excluding carboxylic acids is 1. The Kier molecular flexibility index (Phi) is 2.50. The quantitative estimate of drug-likeness (QED) is 0.843. The van der Waals surface area contributed by atoms with Gasteiger partial charge in [0.05, 0.1) is 18.6 Å². The van der Waals surface area contributed by atoms with Crippen LogP contribution in [0.5, 0.6) is 0 Å². The van der Waals surface area contributed by atoms with Crippen LogP contribution in [0.15, 0.2) is 42.5 Å². The monoisotopic (exact) mass is 285 g/mol. The first kappa shape index (κ1) is 12.6. The molecule has 2 bridgehead atoms. The predicted molar refractivity (Wildman–Crippen MR) is 73.2 cm³/mol. The third kappa shape index (κ3) is 1.67. The first-order valence-electron chi connectivity index (χ1n) is 7.03. The lowest BCUT2D eigenvalue weighted by molar-refractivity contribution is -0.148. The third-order valence-electron chi connectivity index (χ3n) is 4.68. The van der Waals surface area contributed by atoms with Gasteiger partial charge in [0, 0.05) is 6.54 Å². The zero-order valence-corrected chi connectivity index (χ0v) is 11.3. The van der Waals surface area contributed by atoms with Crippen molar-refractivity contribution < 1.29 is 19.4 Å². The van der Waals surface area contributed by atoms with Gasteiger partial charge in [-0.25, -0.2) is 0 Å². The summed E-state index contributed by atoms with van der Waals surface area (Å²) >= 11 is 0. The van der Waals surface area contributed by atoms with Crippen molar-refractivity contribution in [2.24, 2.45) is 11.8 Å². The molecular weight excluding hydrogens is 270 g/mol. The van der Waals surface area contributed by atoms with E-state index in [0.29, 0.717) is 13.1 Å². The van der Waals surface area contributed by atoms with Gasteiger partial charge in [-0.05, 0) is 5.56 Å². The molecule has 1 aromatic carbocycles. The molecule has 2 fully saturated rings. The van der Waals surface area contributed by atoms with E-state index in [4.69, 9.17) is 4.74 Å². The molecule has 1 spiro atoms. The van der Waals surface area contributed by atoms with E-state index >= 15 is 0 Å². The van der Waals surface area contributed by atoms with Crippen LogP contribution in [0.3, 0.4) is 0 Å². The molecular formula is C16H15NO4. The summed E-state index contributed by atoms with van der Waals surface area (Å²) in [5.41, 5.74) is 0.298. The topological polar surface area (TPSA) is 66.8 Å². The molecule has 3 aliphatic heterocycles. The van der Waals surface area contributed by atoms with Crippen LogP contribution in [-0.2, 0) is 20.9 Å². The first-order chi connectivity index (χ1) is 10.1. The van der Waals surface area contributed by atoms with E-state index in [-0.39, 0.29) is 5.91 Å². The highest BCUT2D eigenvalue weighted by molar-refractivity contribution is 5.90. The van der Waals surface area contributed by atoms with Crippen molar-refractivity contribution >= 4 is 11.9 Å². The van der Waals surface area contributed by atoms with Crippen molar-refractivity contribution in [3.05, 3.63) is 48.0 Å². The largest absolute Gasteiger partial charge is 0.481 e. The summed E-state index contributed by atoms with van der Waals surface area (Å²) in [7, 11) is 0. The molecule has 0 aromatic heterocycles. The van der Waals surface area contributed by atoms with Gasteiger partial charge in [-0.3, -0.25) is 9.59 Å². The van der Waals surface area contributed by atoms with E-state index in [1.165, 1.54) is 0 Å². The maximum atomic E-state index is 12.6.